The molecule has 0 aromatic heterocycles. The van der Waals surface area contributed by atoms with Crippen molar-refractivity contribution in [3.8, 4) is 16.9 Å². The molecule has 0 aliphatic carbocycles. The standard InChI is InChI=1S/C25H21N5O2/c1-28-19-11-17(10-18(26)13-19)16-8-9-21-20(12-16)25(23(31)30(2)24(27)29-25)14-22(32-21)15-6-4-3-5-7-15/h3-13,22H,14,26H2,2H3,(H2,27,29). The topological polar surface area (TPSA) is 98.3 Å². The third kappa shape index (κ3) is 2.96. The molecule has 2 heterocycles. The van der Waals surface area contributed by atoms with Crippen LogP contribution in [0.25, 0.3) is 16.0 Å². The molecule has 4 N–H and O–H groups in total. The average molecular weight is 423 g/mol. The molecule has 2 unspecified atom stereocenters. The summed E-state index contributed by atoms with van der Waals surface area (Å²) >= 11 is 0. The van der Waals surface area contributed by atoms with E-state index in [1.54, 1.807) is 25.2 Å². The molecule has 7 heteroatoms. The number of ether oxygens (including phenoxy) is 1. The van der Waals surface area contributed by atoms with Crippen molar-refractivity contribution in [3.05, 3.63) is 89.3 Å². The van der Waals surface area contributed by atoms with E-state index in [1.807, 2.05) is 48.5 Å². The third-order valence-electron chi connectivity index (χ3n) is 6.06. The molecule has 3 aromatic rings. The number of likely N-dealkylation sites (N-methyl/N-ethyl adjacent to an activating group) is 1. The first-order chi connectivity index (χ1) is 15.4. The number of benzene rings is 3. The number of nitrogens with zero attached hydrogens (tertiary/aromatic N) is 3. The number of nitrogen functional groups attached to an aromatic ring is 1. The number of fused-ring (bicyclic) bond motifs is 2. The Balaban J connectivity index is 1.68. The van der Waals surface area contributed by atoms with Gasteiger partial charge in [-0.15, -0.1) is 0 Å². The molecule has 2 aliphatic heterocycles. The number of hydrogen-bond donors (Lipinski definition) is 2. The van der Waals surface area contributed by atoms with E-state index in [-0.39, 0.29) is 18.0 Å². The Morgan fingerprint density at radius 3 is 2.56 bits per heavy atom. The third-order valence-corrected chi connectivity index (χ3v) is 6.06. The molecular formula is C25H21N5O2. The minimum Gasteiger partial charge on any atom is -0.485 e. The van der Waals surface area contributed by atoms with Gasteiger partial charge in [0.2, 0.25) is 0 Å². The van der Waals surface area contributed by atoms with E-state index in [0.717, 1.165) is 16.7 Å². The number of aliphatic imine (C=N–C) groups is 1. The number of amides is 1. The van der Waals surface area contributed by atoms with Crippen molar-refractivity contribution >= 4 is 23.2 Å². The SMILES string of the molecule is [C-]#[N+]c1cc(N)cc(-c2ccc3c(c2)C2(CC(c4ccccc4)O3)N=C(N)N(C)C2=O)c1. The lowest BCUT2D eigenvalue weighted by Gasteiger charge is -2.37. The molecule has 0 saturated heterocycles. The molecule has 0 saturated carbocycles. The molecule has 0 radical (unpaired) electrons. The van der Waals surface area contributed by atoms with E-state index < -0.39 is 5.54 Å². The molecule has 32 heavy (non-hydrogen) atoms. The summed E-state index contributed by atoms with van der Waals surface area (Å²) in [6.07, 6.45) is -0.00989. The second kappa shape index (κ2) is 7.13. The minimum atomic E-state index is -1.17. The van der Waals surface area contributed by atoms with Crippen LogP contribution in [-0.2, 0) is 10.3 Å². The Hall–Kier alpha value is -4.31. The summed E-state index contributed by atoms with van der Waals surface area (Å²) in [5, 5.41) is 0. The number of rotatable bonds is 2. The first-order valence-electron chi connectivity index (χ1n) is 10.2. The van der Waals surface area contributed by atoms with Crippen molar-refractivity contribution in [2.45, 2.75) is 18.1 Å². The summed E-state index contributed by atoms with van der Waals surface area (Å²) < 4.78 is 6.33. The van der Waals surface area contributed by atoms with Crippen LogP contribution >= 0.6 is 0 Å². The van der Waals surface area contributed by atoms with Gasteiger partial charge in [-0.2, -0.15) is 0 Å². The van der Waals surface area contributed by atoms with E-state index in [0.29, 0.717) is 29.1 Å². The fourth-order valence-electron chi connectivity index (χ4n) is 4.44. The van der Waals surface area contributed by atoms with Gasteiger partial charge in [-0.1, -0.05) is 36.4 Å². The van der Waals surface area contributed by atoms with Crippen molar-refractivity contribution in [1.82, 2.24) is 4.90 Å². The van der Waals surface area contributed by atoms with Crippen molar-refractivity contribution in [1.29, 1.82) is 0 Å². The molecule has 2 atom stereocenters. The number of carbonyl (C=O) groups is 1. The second-order valence-corrected chi connectivity index (χ2v) is 8.05. The lowest BCUT2D eigenvalue weighted by Crippen LogP contribution is -2.43. The molecule has 7 nitrogen and oxygen atoms in total. The van der Waals surface area contributed by atoms with Gasteiger partial charge >= 0.3 is 0 Å². The summed E-state index contributed by atoms with van der Waals surface area (Å²) in [5.74, 6) is 0.578. The number of guanidine groups is 1. The monoisotopic (exact) mass is 423 g/mol. The van der Waals surface area contributed by atoms with E-state index in [9.17, 15) is 4.79 Å². The van der Waals surface area contributed by atoms with Crippen LogP contribution < -0.4 is 16.2 Å². The molecule has 5 rings (SSSR count). The largest absolute Gasteiger partial charge is 0.485 e. The molecule has 0 bridgehead atoms. The van der Waals surface area contributed by atoms with Crippen LogP contribution in [0.4, 0.5) is 11.4 Å². The Kier molecular flexibility index (Phi) is 4.38. The lowest BCUT2D eigenvalue weighted by molar-refractivity contribution is -0.132. The van der Waals surface area contributed by atoms with E-state index in [1.165, 1.54) is 4.90 Å². The van der Waals surface area contributed by atoms with Crippen molar-refractivity contribution in [3.63, 3.8) is 0 Å². The van der Waals surface area contributed by atoms with Crippen molar-refractivity contribution in [2.24, 2.45) is 10.7 Å². The number of carbonyl (C=O) groups excluding carboxylic acids is 1. The summed E-state index contributed by atoms with van der Waals surface area (Å²) in [5.41, 5.74) is 15.1. The van der Waals surface area contributed by atoms with Crippen LogP contribution in [-0.4, -0.2) is 23.8 Å². The highest BCUT2D eigenvalue weighted by atomic mass is 16.5. The summed E-state index contributed by atoms with van der Waals surface area (Å²) in [7, 11) is 1.63. The van der Waals surface area contributed by atoms with Gasteiger partial charge in [-0.3, -0.25) is 9.69 Å². The van der Waals surface area contributed by atoms with Gasteiger partial charge in [0, 0.05) is 24.7 Å². The van der Waals surface area contributed by atoms with Gasteiger partial charge in [-0.25, -0.2) is 9.84 Å². The van der Waals surface area contributed by atoms with Gasteiger partial charge in [-0.05, 0) is 47.0 Å². The highest BCUT2D eigenvalue weighted by Gasteiger charge is 2.53. The predicted octanol–water partition coefficient (Wildman–Crippen LogP) is 3.99. The molecule has 158 valence electrons. The minimum absolute atomic E-state index is 0.180. The first-order valence-corrected chi connectivity index (χ1v) is 10.2. The maximum atomic E-state index is 13.5. The van der Waals surface area contributed by atoms with Gasteiger partial charge in [0.1, 0.15) is 11.9 Å². The Morgan fingerprint density at radius 2 is 1.88 bits per heavy atom. The van der Waals surface area contributed by atoms with Crippen molar-refractivity contribution < 1.29 is 9.53 Å². The highest BCUT2D eigenvalue weighted by Crippen LogP contribution is 2.50. The van der Waals surface area contributed by atoms with Crippen LogP contribution in [0.15, 0.2) is 71.7 Å². The Labute approximate surface area is 185 Å². The average Bonchev–Trinajstić information content (AvgIpc) is 3.02. The molecular weight excluding hydrogens is 402 g/mol. The summed E-state index contributed by atoms with van der Waals surface area (Å²) in [6, 6.07) is 20.6. The van der Waals surface area contributed by atoms with Gasteiger partial charge < -0.3 is 16.2 Å². The zero-order valence-electron chi connectivity index (χ0n) is 17.4. The smallest absolute Gasteiger partial charge is 0.261 e. The molecule has 1 amide bonds. The van der Waals surface area contributed by atoms with Crippen molar-refractivity contribution in [2.75, 3.05) is 12.8 Å². The second-order valence-electron chi connectivity index (χ2n) is 8.05. The number of anilines is 1. The lowest BCUT2D eigenvalue weighted by atomic mass is 9.79. The van der Waals surface area contributed by atoms with Gasteiger partial charge in [0.05, 0.1) is 6.57 Å². The van der Waals surface area contributed by atoms with E-state index in [4.69, 9.17) is 22.8 Å². The zero-order valence-corrected chi connectivity index (χ0v) is 17.4. The molecule has 2 aliphatic rings. The number of nitrogens with two attached hydrogens (primary N) is 2. The van der Waals surface area contributed by atoms with Crippen LogP contribution in [0.2, 0.25) is 0 Å². The Morgan fingerprint density at radius 1 is 1.09 bits per heavy atom. The maximum absolute atomic E-state index is 13.5. The predicted molar refractivity (Wildman–Crippen MR) is 123 cm³/mol. The van der Waals surface area contributed by atoms with E-state index >= 15 is 0 Å². The molecule has 3 aromatic carbocycles. The van der Waals surface area contributed by atoms with Gasteiger partial charge in [0.15, 0.2) is 17.2 Å². The quantitative estimate of drug-likeness (QED) is 0.481. The van der Waals surface area contributed by atoms with Gasteiger partial charge in [0.25, 0.3) is 5.91 Å². The summed E-state index contributed by atoms with van der Waals surface area (Å²) in [4.78, 5) is 23.0. The fourth-order valence-corrected chi connectivity index (χ4v) is 4.44. The first kappa shape index (κ1) is 19.6. The molecule has 1 spiro atoms. The van der Waals surface area contributed by atoms with Crippen LogP contribution in [0.3, 0.4) is 0 Å². The van der Waals surface area contributed by atoms with E-state index in [2.05, 4.69) is 9.84 Å². The Bertz CT molecular complexity index is 1310. The normalized spacial score (nSPS) is 21.6. The van der Waals surface area contributed by atoms with Crippen LogP contribution in [0.5, 0.6) is 5.75 Å². The zero-order chi connectivity index (χ0) is 22.5. The highest BCUT2D eigenvalue weighted by molar-refractivity contribution is 6.07. The molecule has 0 fully saturated rings. The van der Waals surface area contributed by atoms with Crippen LogP contribution in [0, 0.1) is 6.57 Å². The number of hydrogen-bond acceptors (Lipinski definition) is 5. The summed E-state index contributed by atoms with van der Waals surface area (Å²) in [6.45, 7) is 7.32. The fraction of sp³-hybridized carbons (Fsp3) is 0.160. The van der Waals surface area contributed by atoms with Crippen LogP contribution in [0.1, 0.15) is 23.7 Å². The maximum Gasteiger partial charge on any atom is 0.261 e.